The Kier molecular flexibility index (Phi) is 13.9. The highest BCUT2D eigenvalue weighted by Gasteiger charge is 2.45. The van der Waals surface area contributed by atoms with Crippen LogP contribution >= 0.6 is 0 Å². The molecule has 0 radical (unpaired) electrons. The molecule has 1 aromatic carbocycles. The fourth-order valence-corrected chi connectivity index (χ4v) is 9.00. The zero-order valence-electron chi connectivity index (χ0n) is 36.5. The molecule has 4 N–H and O–H groups in total. The van der Waals surface area contributed by atoms with Crippen LogP contribution in [0.5, 0.6) is 0 Å². The summed E-state index contributed by atoms with van der Waals surface area (Å²) >= 11 is 0. The molecule has 1 unspecified atom stereocenters. The average Bonchev–Trinajstić information content (AvgIpc) is 3.91. The average molecular weight is 892 g/mol. The largest absolute Gasteiger partial charge is 0.382 e. The Morgan fingerprint density at radius 1 is 0.862 bits per heavy atom. The third-order valence-corrected chi connectivity index (χ3v) is 12.3. The number of aryl methyl sites for hydroxylation is 1. The van der Waals surface area contributed by atoms with Gasteiger partial charge in [0.05, 0.1) is 61.5 Å². The van der Waals surface area contributed by atoms with Crippen molar-refractivity contribution in [3.05, 3.63) is 75.3 Å². The number of carbonyl (C=O) groups is 6. The van der Waals surface area contributed by atoms with Crippen molar-refractivity contribution in [2.24, 2.45) is 0 Å². The van der Waals surface area contributed by atoms with Crippen LogP contribution in [0, 0.1) is 6.92 Å². The normalized spacial score (nSPS) is 18.0. The maximum absolute atomic E-state index is 13.6. The van der Waals surface area contributed by atoms with Gasteiger partial charge in [0.1, 0.15) is 17.5 Å². The molecule has 0 bridgehead atoms. The number of aromatic nitrogens is 4. The van der Waals surface area contributed by atoms with E-state index >= 15 is 0 Å². The molecule has 1 aliphatic carbocycles. The van der Waals surface area contributed by atoms with Gasteiger partial charge in [-0.1, -0.05) is 18.9 Å². The number of ether oxygens (including phenoxy) is 2. The molecule has 5 amide bonds. The summed E-state index contributed by atoms with van der Waals surface area (Å²) in [5, 5.41) is 12.1. The van der Waals surface area contributed by atoms with E-state index in [1.165, 1.54) is 6.92 Å². The van der Waals surface area contributed by atoms with E-state index in [0.29, 0.717) is 86.7 Å². The second-order valence-corrected chi connectivity index (χ2v) is 16.6. The minimum absolute atomic E-state index is 0.0122. The Bertz CT molecular complexity index is 2550. The Balaban J connectivity index is 0.707. The Morgan fingerprint density at radius 2 is 1.62 bits per heavy atom. The number of piperazine rings is 1. The molecule has 3 fully saturated rings. The molecule has 0 spiro atoms. The number of hydrogen-bond acceptors (Lipinski definition) is 16. The summed E-state index contributed by atoms with van der Waals surface area (Å²) in [6, 6.07) is 7.67. The van der Waals surface area contributed by atoms with Crippen LogP contribution in [-0.4, -0.2) is 143 Å². The smallest absolute Gasteiger partial charge is 0.264 e. The van der Waals surface area contributed by atoms with E-state index in [1.807, 2.05) is 12.1 Å². The molecule has 4 aromatic rings. The van der Waals surface area contributed by atoms with Crippen LogP contribution in [0.15, 0.2) is 47.5 Å². The number of hydrogen-bond donors (Lipinski definition) is 4. The fourth-order valence-electron chi connectivity index (χ4n) is 9.00. The van der Waals surface area contributed by atoms with Gasteiger partial charge in [-0.05, 0) is 62.9 Å². The number of benzene rings is 1. The first kappa shape index (κ1) is 44.9. The van der Waals surface area contributed by atoms with Gasteiger partial charge in [-0.3, -0.25) is 53.2 Å². The van der Waals surface area contributed by atoms with Crippen LogP contribution in [0.4, 0.5) is 23.1 Å². The molecule has 2 saturated heterocycles. The van der Waals surface area contributed by atoms with E-state index in [4.69, 9.17) is 14.5 Å². The Morgan fingerprint density at radius 3 is 2.32 bits per heavy atom. The number of amides is 5. The number of imide groups is 2. The van der Waals surface area contributed by atoms with Crippen molar-refractivity contribution in [2.45, 2.75) is 64.5 Å². The third kappa shape index (κ3) is 9.88. The quantitative estimate of drug-likeness (QED) is 0.0637. The SMILES string of the molecule is CC(=O)c1c(C)c2cnc(Nc3ccc(N4CCN(CC(=O)NCCOCCOCCNc5cccc6c5C(=O)N(C5CCC(=O)NC5=O)C6=O)CC4)cn3)nc2n(C2CCCC2)c1=O. The number of nitrogens with one attached hydrogen (secondary N) is 4. The molecule has 3 aliphatic heterocycles. The van der Waals surface area contributed by atoms with Crippen molar-refractivity contribution in [3.8, 4) is 0 Å². The second kappa shape index (κ2) is 20.0. The number of rotatable bonds is 18. The molecule has 6 heterocycles. The number of carbonyl (C=O) groups excluding carboxylic acids is 6. The maximum atomic E-state index is 13.6. The minimum atomic E-state index is -1.03. The van der Waals surface area contributed by atoms with Gasteiger partial charge < -0.3 is 30.3 Å². The first-order valence-electron chi connectivity index (χ1n) is 22.1. The van der Waals surface area contributed by atoms with Gasteiger partial charge >= 0.3 is 0 Å². The summed E-state index contributed by atoms with van der Waals surface area (Å²) in [6.07, 6.45) is 7.36. The van der Waals surface area contributed by atoms with E-state index < -0.39 is 29.7 Å². The van der Waals surface area contributed by atoms with Crippen LogP contribution in [-0.2, 0) is 23.9 Å². The molecular formula is C45H53N11O9. The molecule has 8 rings (SSSR count). The highest BCUT2D eigenvalue weighted by molar-refractivity contribution is 6.25. The Hall–Kier alpha value is -6.64. The molecular weight excluding hydrogens is 839 g/mol. The molecule has 65 heavy (non-hydrogen) atoms. The number of fused-ring (bicyclic) bond motifs is 2. The molecule has 20 nitrogen and oxygen atoms in total. The van der Waals surface area contributed by atoms with Crippen LogP contribution in [0.25, 0.3) is 11.0 Å². The molecule has 3 aromatic heterocycles. The van der Waals surface area contributed by atoms with E-state index in [-0.39, 0.29) is 59.4 Å². The van der Waals surface area contributed by atoms with Crippen LogP contribution in [0.1, 0.15) is 88.1 Å². The minimum Gasteiger partial charge on any atom is -0.382 e. The molecule has 342 valence electrons. The zero-order chi connectivity index (χ0) is 45.6. The van der Waals surface area contributed by atoms with E-state index in [9.17, 15) is 33.6 Å². The molecule has 20 heteroatoms. The zero-order valence-corrected chi connectivity index (χ0v) is 36.5. The van der Waals surface area contributed by atoms with Gasteiger partial charge in [0.2, 0.25) is 23.7 Å². The van der Waals surface area contributed by atoms with Crippen LogP contribution in [0.2, 0.25) is 0 Å². The fraction of sp³-hybridized carbons (Fsp3) is 0.467. The van der Waals surface area contributed by atoms with Crippen LogP contribution < -0.4 is 31.7 Å². The lowest BCUT2D eigenvalue weighted by molar-refractivity contribution is -0.136. The lowest BCUT2D eigenvalue weighted by atomic mass is 10.0. The van der Waals surface area contributed by atoms with Gasteiger partial charge in [0.15, 0.2) is 5.78 Å². The number of anilines is 4. The highest BCUT2D eigenvalue weighted by atomic mass is 16.5. The van der Waals surface area contributed by atoms with E-state index in [2.05, 4.69) is 41.0 Å². The van der Waals surface area contributed by atoms with Crippen molar-refractivity contribution in [1.29, 1.82) is 0 Å². The van der Waals surface area contributed by atoms with Gasteiger partial charge in [0, 0.05) is 69.0 Å². The van der Waals surface area contributed by atoms with Crippen molar-refractivity contribution in [1.82, 2.24) is 40.0 Å². The standard InChI is InChI=1S/C45H53N11O9/c1-27-32-25-49-45(52-40(32)55(29-6-3-4-7-29)43(62)38(27)28(2)57)50-35-12-10-30(24-48-35)54-18-16-53(17-19-54)26-37(59)47-15-21-65-23-22-64-20-14-46-33-9-5-8-31-39(33)44(63)56(42(31)61)34-11-13-36(58)51-41(34)60/h5,8-10,12,24-25,29,34,46H,3-4,6-7,11,13-23,26H2,1-2H3,(H,47,59)(H,51,58,60)(H,48,49,50,52). The summed E-state index contributed by atoms with van der Waals surface area (Å²) in [7, 11) is 0. The van der Waals surface area contributed by atoms with Gasteiger partial charge in [-0.25, -0.2) is 9.97 Å². The lowest BCUT2D eigenvalue weighted by Gasteiger charge is -2.35. The number of ketones is 1. The van der Waals surface area contributed by atoms with Crippen molar-refractivity contribution in [2.75, 3.05) is 87.8 Å². The maximum Gasteiger partial charge on any atom is 0.264 e. The van der Waals surface area contributed by atoms with E-state index in [0.717, 1.165) is 49.4 Å². The number of Topliss-reactive ketones (excluding diaryl/α,β-unsaturated/α-hetero) is 1. The lowest BCUT2D eigenvalue weighted by Crippen LogP contribution is -2.54. The van der Waals surface area contributed by atoms with E-state index in [1.54, 1.807) is 42.1 Å². The van der Waals surface area contributed by atoms with Crippen molar-refractivity contribution >= 4 is 69.5 Å². The van der Waals surface area contributed by atoms with Gasteiger partial charge in [0.25, 0.3) is 17.4 Å². The third-order valence-electron chi connectivity index (χ3n) is 12.3. The summed E-state index contributed by atoms with van der Waals surface area (Å²) < 4.78 is 12.9. The van der Waals surface area contributed by atoms with Crippen LogP contribution in [0.3, 0.4) is 0 Å². The second-order valence-electron chi connectivity index (χ2n) is 16.6. The first-order valence-corrected chi connectivity index (χ1v) is 22.1. The summed E-state index contributed by atoms with van der Waals surface area (Å²) in [4.78, 5) is 108. The monoisotopic (exact) mass is 891 g/mol. The number of nitrogens with zero attached hydrogens (tertiary/aromatic N) is 7. The van der Waals surface area contributed by atoms with Gasteiger partial charge in [-0.2, -0.15) is 4.98 Å². The summed E-state index contributed by atoms with van der Waals surface area (Å²) in [5.41, 5.74) is 2.81. The van der Waals surface area contributed by atoms with Crippen molar-refractivity contribution < 1.29 is 38.2 Å². The summed E-state index contributed by atoms with van der Waals surface area (Å²) in [6.45, 7) is 8.30. The first-order chi connectivity index (χ1) is 31.5. The predicted octanol–water partition coefficient (Wildman–Crippen LogP) is 2.34. The number of piperidine rings is 1. The van der Waals surface area contributed by atoms with Crippen molar-refractivity contribution in [3.63, 3.8) is 0 Å². The summed E-state index contributed by atoms with van der Waals surface area (Å²) in [5.74, 6) is -1.71. The molecule has 1 saturated carbocycles. The topological polar surface area (TPSA) is 239 Å². The Labute approximate surface area is 374 Å². The molecule has 4 aliphatic rings. The highest BCUT2D eigenvalue weighted by Crippen LogP contribution is 2.34. The predicted molar refractivity (Wildman–Crippen MR) is 238 cm³/mol. The molecule has 1 atom stereocenters. The van der Waals surface area contributed by atoms with Gasteiger partial charge in [-0.15, -0.1) is 0 Å². The number of pyridine rings is 2.